The lowest BCUT2D eigenvalue weighted by molar-refractivity contribution is -0.120. The number of aromatic nitrogens is 2. The lowest BCUT2D eigenvalue weighted by atomic mass is 10.1. The van der Waals surface area contributed by atoms with Crippen LogP contribution < -0.4 is 15.4 Å². The summed E-state index contributed by atoms with van der Waals surface area (Å²) >= 11 is 0. The van der Waals surface area contributed by atoms with Crippen molar-refractivity contribution < 1.29 is 28.2 Å². The summed E-state index contributed by atoms with van der Waals surface area (Å²) in [5, 5.41) is 20.3. The Bertz CT molecular complexity index is 1200. The highest BCUT2D eigenvalue weighted by Crippen LogP contribution is 2.32. The van der Waals surface area contributed by atoms with E-state index in [2.05, 4.69) is 15.7 Å². The SMILES string of the molecule is CC(C)(O)Cn1ncc2cc(Oc3ccc(F)cc3F)c(C(=O)NC3CCNC3=O)cc21. The molecule has 0 radical (unpaired) electrons. The van der Waals surface area contributed by atoms with Gasteiger partial charge in [0.2, 0.25) is 5.91 Å². The second kappa shape index (κ2) is 8.19. The zero-order valence-electron chi connectivity index (χ0n) is 17.5. The van der Waals surface area contributed by atoms with E-state index in [1.54, 1.807) is 13.8 Å². The molecule has 10 heteroatoms. The van der Waals surface area contributed by atoms with Crippen molar-refractivity contribution in [2.24, 2.45) is 0 Å². The van der Waals surface area contributed by atoms with E-state index in [-0.39, 0.29) is 29.5 Å². The number of carbonyl (C=O) groups is 2. The van der Waals surface area contributed by atoms with E-state index in [0.29, 0.717) is 29.9 Å². The Morgan fingerprint density at radius 1 is 1.31 bits per heavy atom. The number of benzene rings is 2. The molecule has 4 rings (SSSR count). The van der Waals surface area contributed by atoms with Gasteiger partial charge in [-0.25, -0.2) is 8.78 Å². The number of halogens is 2. The molecule has 0 spiro atoms. The molecule has 1 aliphatic heterocycles. The van der Waals surface area contributed by atoms with Crippen molar-refractivity contribution in [1.82, 2.24) is 20.4 Å². The van der Waals surface area contributed by atoms with Crippen LogP contribution in [0.15, 0.2) is 36.5 Å². The third-order valence-electron chi connectivity index (χ3n) is 4.99. The second-order valence-electron chi connectivity index (χ2n) is 8.30. The van der Waals surface area contributed by atoms with E-state index in [4.69, 9.17) is 4.74 Å². The minimum absolute atomic E-state index is 0.0155. The largest absolute Gasteiger partial charge is 0.453 e. The Labute approximate surface area is 182 Å². The average molecular weight is 444 g/mol. The molecule has 2 aromatic carbocycles. The highest BCUT2D eigenvalue weighted by molar-refractivity contribution is 6.03. The van der Waals surface area contributed by atoms with Crippen LogP contribution in [0.4, 0.5) is 8.78 Å². The maximum absolute atomic E-state index is 14.2. The van der Waals surface area contributed by atoms with Crippen molar-refractivity contribution in [3.63, 3.8) is 0 Å². The summed E-state index contributed by atoms with van der Waals surface area (Å²) in [6.07, 6.45) is 1.97. The molecule has 1 saturated heterocycles. The third kappa shape index (κ3) is 4.54. The lowest BCUT2D eigenvalue weighted by Gasteiger charge is -2.18. The fourth-order valence-corrected chi connectivity index (χ4v) is 3.50. The number of nitrogens with one attached hydrogen (secondary N) is 2. The summed E-state index contributed by atoms with van der Waals surface area (Å²) in [6.45, 7) is 3.87. The van der Waals surface area contributed by atoms with Gasteiger partial charge < -0.3 is 20.5 Å². The monoisotopic (exact) mass is 444 g/mol. The molecule has 3 aromatic rings. The summed E-state index contributed by atoms with van der Waals surface area (Å²) in [4.78, 5) is 24.9. The fourth-order valence-electron chi connectivity index (χ4n) is 3.50. The van der Waals surface area contributed by atoms with Crippen LogP contribution in [0.3, 0.4) is 0 Å². The number of hydrogen-bond donors (Lipinski definition) is 3. The van der Waals surface area contributed by atoms with Crippen LogP contribution in [0, 0.1) is 11.6 Å². The molecule has 1 atom stereocenters. The summed E-state index contributed by atoms with van der Waals surface area (Å²) < 4.78 is 34.6. The normalized spacial score (nSPS) is 16.3. The van der Waals surface area contributed by atoms with Gasteiger partial charge in [0.15, 0.2) is 11.6 Å². The molecule has 1 aliphatic rings. The van der Waals surface area contributed by atoms with E-state index in [0.717, 1.165) is 12.1 Å². The predicted molar refractivity (Wildman–Crippen MR) is 111 cm³/mol. The molecule has 0 aliphatic carbocycles. The van der Waals surface area contributed by atoms with E-state index in [9.17, 15) is 23.5 Å². The topological polar surface area (TPSA) is 105 Å². The maximum atomic E-state index is 14.2. The standard InChI is InChI=1S/C22H22F2N4O4/c1-22(2,31)11-28-17-9-14(20(29)27-16-5-6-25-21(16)30)19(7-12(17)10-26-28)32-18-4-3-13(23)8-15(18)24/h3-4,7-10,16,31H,5-6,11H2,1-2H3,(H,25,30)(H,27,29). The number of carbonyl (C=O) groups excluding carboxylic acids is 2. The van der Waals surface area contributed by atoms with Crippen molar-refractivity contribution in [3.8, 4) is 11.5 Å². The van der Waals surface area contributed by atoms with Crippen molar-refractivity contribution in [2.45, 2.75) is 38.5 Å². The van der Waals surface area contributed by atoms with Gasteiger partial charge in [-0.1, -0.05) is 0 Å². The fraction of sp³-hybridized carbons (Fsp3) is 0.318. The summed E-state index contributed by atoms with van der Waals surface area (Å²) in [7, 11) is 0. The quantitative estimate of drug-likeness (QED) is 0.542. The number of ether oxygens (including phenoxy) is 1. The van der Waals surface area contributed by atoms with Gasteiger partial charge in [0, 0.05) is 18.0 Å². The molecule has 1 fully saturated rings. The molecule has 8 nitrogen and oxygen atoms in total. The zero-order valence-corrected chi connectivity index (χ0v) is 17.5. The first-order chi connectivity index (χ1) is 15.1. The van der Waals surface area contributed by atoms with E-state index < -0.39 is 29.2 Å². The number of hydrogen-bond acceptors (Lipinski definition) is 5. The first-order valence-corrected chi connectivity index (χ1v) is 10.0. The minimum atomic E-state index is -1.06. The third-order valence-corrected chi connectivity index (χ3v) is 4.99. The highest BCUT2D eigenvalue weighted by Gasteiger charge is 2.28. The van der Waals surface area contributed by atoms with Gasteiger partial charge in [-0.15, -0.1) is 0 Å². The van der Waals surface area contributed by atoms with Crippen molar-refractivity contribution in [2.75, 3.05) is 6.54 Å². The van der Waals surface area contributed by atoms with Crippen LogP contribution >= 0.6 is 0 Å². The van der Waals surface area contributed by atoms with E-state index in [1.165, 1.54) is 23.0 Å². The molecule has 32 heavy (non-hydrogen) atoms. The van der Waals surface area contributed by atoms with Crippen molar-refractivity contribution in [3.05, 3.63) is 53.7 Å². The van der Waals surface area contributed by atoms with E-state index in [1.807, 2.05) is 0 Å². The van der Waals surface area contributed by atoms with Gasteiger partial charge in [0.25, 0.3) is 5.91 Å². The Morgan fingerprint density at radius 3 is 2.75 bits per heavy atom. The maximum Gasteiger partial charge on any atom is 0.255 e. The molecule has 1 unspecified atom stereocenters. The second-order valence-corrected chi connectivity index (χ2v) is 8.30. The van der Waals surface area contributed by atoms with Crippen LogP contribution in [0.2, 0.25) is 0 Å². The average Bonchev–Trinajstić information content (AvgIpc) is 3.28. The Morgan fingerprint density at radius 2 is 2.09 bits per heavy atom. The summed E-state index contributed by atoms with van der Waals surface area (Å²) in [5.74, 6) is -2.82. The Hall–Kier alpha value is -3.53. The van der Waals surface area contributed by atoms with Gasteiger partial charge in [0.1, 0.15) is 17.6 Å². The van der Waals surface area contributed by atoms with Crippen LogP contribution in [0.25, 0.3) is 10.9 Å². The van der Waals surface area contributed by atoms with Gasteiger partial charge in [-0.2, -0.15) is 5.10 Å². The first-order valence-electron chi connectivity index (χ1n) is 10.0. The van der Waals surface area contributed by atoms with E-state index >= 15 is 0 Å². The molecule has 168 valence electrons. The van der Waals surface area contributed by atoms with Gasteiger partial charge >= 0.3 is 0 Å². The Kier molecular flexibility index (Phi) is 5.55. The molecule has 2 amide bonds. The number of nitrogens with zero attached hydrogens (tertiary/aromatic N) is 2. The van der Waals surface area contributed by atoms with Crippen molar-refractivity contribution >= 4 is 22.7 Å². The van der Waals surface area contributed by atoms with Crippen LogP contribution in [-0.2, 0) is 11.3 Å². The first kappa shape index (κ1) is 21.7. The van der Waals surface area contributed by atoms with Gasteiger partial charge in [-0.05, 0) is 44.5 Å². The number of fused-ring (bicyclic) bond motifs is 1. The Balaban J connectivity index is 1.76. The molecular weight excluding hydrogens is 422 g/mol. The van der Waals surface area contributed by atoms with Gasteiger partial charge in [0.05, 0.1) is 29.4 Å². The lowest BCUT2D eigenvalue weighted by Crippen LogP contribution is -2.40. The number of aliphatic hydroxyl groups is 1. The smallest absolute Gasteiger partial charge is 0.255 e. The van der Waals surface area contributed by atoms with Crippen LogP contribution in [-0.4, -0.2) is 44.9 Å². The number of rotatable bonds is 6. The molecular formula is C22H22F2N4O4. The zero-order chi connectivity index (χ0) is 23.0. The summed E-state index contributed by atoms with van der Waals surface area (Å²) in [5.41, 5.74) is -0.478. The van der Waals surface area contributed by atoms with Crippen LogP contribution in [0.1, 0.15) is 30.6 Å². The van der Waals surface area contributed by atoms with Gasteiger partial charge in [-0.3, -0.25) is 14.3 Å². The molecule has 0 saturated carbocycles. The molecule has 1 aromatic heterocycles. The van der Waals surface area contributed by atoms with Crippen LogP contribution in [0.5, 0.6) is 11.5 Å². The number of amides is 2. The van der Waals surface area contributed by atoms with Crippen molar-refractivity contribution in [1.29, 1.82) is 0 Å². The molecule has 0 bridgehead atoms. The predicted octanol–water partition coefficient (Wildman–Crippen LogP) is 2.50. The molecule has 2 heterocycles. The molecule has 3 N–H and O–H groups in total. The highest BCUT2D eigenvalue weighted by atomic mass is 19.1. The minimum Gasteiger partial charge on any atom is -0.453 e. The summed E-state index contributed by atoms with van der Waals surface area (Å²) in [6, 6.07) is 5.16.